The molecule has 0 aliphatic heterocycles. The molecule has 2 aromatic rings. The molecule has 0 spiro atoms. The fourth-order valence-electron chi connectivity index (χ4n) is 2.37. The van der Waals surface area contributed by atoms with Gasteiger partial charge in [0.05, 0.1) is 27.9 Å². The molecule has 1 aromatic heterocycles. The number of nitrogens with one attached hydrogen (secondary N) is 2. The van der Waals surface area contributed by atoms with Crippen molar-refractivity contribution in [1.29, 1.82) is 0 Å². The number of nitrogens with zero attached hydrogens (tertiary/aromatic N) is 3. The zero-order valence-corrected chi connectivity index (χ0v) is 15.1. The second kappa shape index (κ2) is 9.41. The van der Waals surface area contributed by atoms with E-state index in [4.69, 9.17) is 14.2 Å². The Hall–Kier alpha value is -2.90. The lowest BCUT2D eigenvalue weighted by atomic mass is 10.2. The Bertz CT molecular complexity index is 661. The molecule has 8 heteroatoms. The number of methoxy groups -OCH3 is 3. The van der Waals surface area contributed by atoms with Crippen molar-refractivity contribution in [3.63, 3.8) is 0 Å². The third-order valence-corrected chi connectivity index (χ3v) is 3.60. The molecule has 0 saturated carbocycles. The molecule has 0 saturated heterocycles. The molecule has 0 bridgehead atoms. The van der Waals surface area contributed by atoms with Crippen molar-refractivity contribution in [2.45, 2.75) is 13.1 Å². The molecule has 0 atom stereocenters. The van der Waals surface area contributed by atoms with Crippen LogP contribution in [-0.2, 0) is 13.1 Å². The Labute approximate surface area is 147 Å². The van der Waals surface area contributed by atoms with Crippen LogP contribution in [0, 0.1) is 0 Å². The normalized spacial score (nSPS) is 11.1. The molecule has 0 radical (unpaired) electrons. The third-order valence-electron chi connectivity index (χ3n) is 3.60. The maximum Gasteiger partial charge on any atom is 0.203 e. The molecule has 0 aliphatic carbocycles. The second-order valence-electron chi connectivity index (χ2n) is 5.16. The first-order valence-electron chi connectivity index (χ1n) is 7.92. The van der Waals surface area contributed by atoms with Gasteiger partial charge in [0.1, 0.15) is 0 Å². The van der Waals surface area contributed by atoms with Gasteiger partial charge in [-0.15, -0.1) is 0 Å². The number of aliphatic imine (C=N–C) groups is 1. The van der Waals surface area contributed by atoms with Crippen molar-refractivity contribution in [2.75, 3.05) is 34.9 Å². The van der Waals surface area contributed by atoms with E-state index >= 15 is 0 Å². The number of aromatic nitrogens is 2. The molecule has 136 valence electrons. The summed E-state index contributed by atoms with van der Waals surface area (Å²) in [6.45, 7) is 2.05. The van der Waals surface area contributed by atoms with Gasteiger partial charge in [-0.3, -0.25) is 9.67 Å². The maximum atomic E-state index is 5.37. The van der Waals surface area contributed by atoms with Crippen molar-refractivity contribution in [3.05, 3.63) is 36.2 Å². The standard InChI is InChI=1S/C17H25N5O3/c1-18-17(19-7-9-22-8-5-6-21-22)20-12-13-10-14(23-2)16(25-4)15(11-13)24-3/h5-6,8,10-11H,7,9,12H2,1-4H3,(H2,18,19,20). The summed E-state index contributed by atoms with van der Waals surface area (Å²) in [5.74, 6) is 2.54. The van der Waals surface area contributed by atoms with Crippen LogP contribution >= 0.6 is 0 Å². The minimum absolute atomic E-state index is 0.568. The summed E-state index contributed by atoms with van der Waals surface area (Å²) in [4.78, 5) is 4.22. The molecule has 25 heavy (non-hydrogen) atoms. The van der Waals surface area contributed by atoms with Crippen LogP contribution < -0.4 is 24.8 Å². The Morgan fingerprint density at radius 1 is 1.12 bits per heavy atom. The smallest absolute Gasteiger partial charge is 0.203 e. The van der Waals surface area contributed by atoms with E-state index in [9.17, 15) is 0 Å². The first kappa shape index (κ1) is 18.4. The maximum absolute atomic E-state index is 5.37. The summed E-state index contributed by atoms with van der Waals surface area (Å²) in [6.07, 6.45) is 3.69. The highest BCUT2D eigenvalue weighted by Crippen LogP contribution is 2.38. The van der Waals surface area contributed by atoms with Gasteiger partial charge < -0.3 is 24.8 Å². The van der Waals surface area contributed by atoms with Gasteiger partial charge in [0.25, 0.3) is 0 Å². The minimum atomic E-state index is 0.568. The second-order valence-corrected chi connectivity index (χ2v) is 5.16. The number of ether oxygens (including phenoxy) is 3. The van der Waals surface area contributed by atoms with Gasteiger partial charge in [-0.2, -0.15) is 5.10 Å². The summed E-state index contributed by atoms with van der Waals surface area (Å²) in [7, 11) is 6.52. The first-order valence-corrected chi connectivity index (χ1v) is 7.92. The van der Waals surface area contributed by atoms with Crippen molar-refractivity contribution < 1.29 is 14.2 Å². The molecular formula is C17H25N5O3. The molecule has 0 amide bonds. The molecular weight excluding hydrogens is 322 g/mol. The third kappa shape index (κ3) is 5.03. The fraction of sp³-hybridized carbons (Fsp3) is 0.412. The van der Waals surface area contributed by atoms with Crippen LogP contribution in [0.3, 0.4) is 0 Å². The van der Waals surface area contributed by atoms with E-state index in [1.165, 1.54) is 0 Å². The van der Waals surface area contributed by atoms with Gasteiger partial charge in [0.2, 0.25) is 5.75 Å². The molecule has 1 heterocycles. The van der Waals surface area contributed by atoms with E-state index in [1.807, 2.05) is 29.1 Å². The van der Waals surface area contributed by atoms with Crippen LogP contribution in [0.1, 0.15) is 5.56 Å². The summed E-state index contributed by atoms with van der Waals surface area (Å²) in [6, 6.07) is 5.72. The molecule has 2 rings (SSSR count). The summed E-state index contributed by atoms with van der Waals surface area (Å²) < 4.78 is 17.9. The van der Waals surface area contributed by atoms with E-state index < -0.39 is 0 Å². The van der Waals surface area contributed by atoms with Crippen LogP contribution in [0.25, 0.3) is 0 Å². The first-order chi connectivity index (χ1) is 12.2. The zero-order valence-electron chi connectivity index (χ0n) is 15.1. The largest absolute Gasteiger partial charge is 0.493 e. The molecule has 1 aromatic carbocycles. The predicted molar refractivity (Wildman–Crippen MR) is 96.5 cm³/mol. The van der Waals surface area contributed by atoms with Crippen molar-refractivity contribution >= 4 is 5.96 Å². The fourth-order valence-corrected chi connectivity index (χ4v) is 2.37. The SMILES string of the molecule is CN=C(NCCn1cccn1)NCc1cc(OC)c(OC)c(OC)c1. The lowest BCUT2D eigenvalue weighted by Crippen LogP contribution is -2.38. The zero-order chi connectivity index (χ0) is 18.1. The van der Waals surface area contributed by atoms with E-state index in [1.54, 1.807) is 34.6 Å². The highest BCUT2D eigenvalue weighted by atomic mass is 16.5. The van der Waals surface area contributed by atoms with Crippen LogP contribution in [0.15, 0.2) is 35.6 Å². The van der Waals surface area contributed by atoms with Crippen LogP contribution in [0.5, 0.6) is 17.2 Å². The summed E-state index contributed by atoms with van der Waals surface area (Å²) in [5, 5.41) is 10.7. The number of rotatable bonds is 8. The number of benzene rings is 1. The number of hydrogen-bond donors (Lipinski definition) is 2. The molecule has 0 aliphatic rings. The highest BCUT2D eigenvalue weighted by Gasteiger charge is 2.13. The van der Waals surface area contributed by atoms with Gasteiger partial charge in [-0.05, 0) is 23.8 Å². The molecule has 0 fully saturated rings. The topological polar surface area (TPSA) is 81.9 Å². The van der Waals surface area contributed by atoms with E-state index in [0.717, 1.165) is 18.7 Å². The highest BCUT2D eigenvalue weighted by molar-refractivity contribution is 5.79. The molecule has 0 unspecified atom stereocenters. The Morgan fingerprint density at radius 3 is 2.36 bits per heavy atom. The van der Waals surface area contributed by atoms with Crippen LogP contribution in [0.2, 0.25) is 0 Å². The Balaban J connectivity index is 1.94. The van der Waals surface area contributed by atoms with Crippen molar-refractivity contribution in [1.82, 2.24) is 20.4 Å². The van der Waals surface area contributed by atoms with Crippen molar-refractivity contribution in [3.8, 4) is 17.2 Å². The van der Waals surface area contributed by atoms with Gasteiger partial charge in [-0.1, -0.05) is 0 Å². The monoisotopic (exact) mass is 347 g/mol. The molecule has 8 nitrogen and oxygen atoms in total. The minimum Gasteiger partial charge on any atom is -0.493 e. The van der Waals surface area contributed by atoms with Gasteiger partial charge in [0.15, 0.2) is 17.5 Å². The van der Waals surface area contributed by atoms with E-state index in [-0.39, 0.29) is 0 Å². The average molecular weight is 347 g/mol. The lowest BCUT2D eigenvalue weighted by molar-refractivity contribution is 0.323. The van der Waals surface area contributed by atoms with Crippen molar-refractivity contribution in [2.24, 2.45) is 4.99 Å². The lowest BCUT2D eigenvalue weighted by Gasteiger charge is -2.16. The Morgan fingerprint density at radius 2 is 1.84 bits per heavy atom. The Kier molecular flexibility index (Phi) is 6.94. The van der Waals surface area contributed by atoms with Gasteiger partial charge >= 0.3 is 0 Å². The van der Waals surface area contributed by atoms with Gasteiger partial charge in [-0.25, -0.2) is 0 Å². The predicted octanol–water partition coefficient (Wildman–Crippen LogP) is 1.27. The number of hydrogen-bond acceptors (Lipinski definition) is 5. The quantitative estimate of drug-likeness (QED) is 0.553. The summed E-state index contributed by atoms with van der Waals surface area (Å²) >= 11 is 0. The van der Waals surface area contributed by atoms with Crippen LogP contribution in [0.4, 0.5) is 0 Å². The van der Waals surface area contributed by atoms with Gasteiger partial charge in [0, 0.05) is 32.5 Å². The molecule has 2 N–H and O–H groups in total. The average Bonchev–Trinajstić information content (AvgIpc) is 3.16. The summed E-state index contributed by atoms with van der Waals surface area (Å²) in [5.41, 5.74) is 0.990. The van der Waals surface area contributed by atoms with E-state index in [0.29, 0.717) is 29.8 Å². The van der Waals surface area contributed by atoms with Crippen LogP contribution in [-0.4, -0.2) is 50.7 Å². The van der Waals surface area contributed by atoms with E-state index in [2.05, 4.69) is 20.7 Å². The number of guanidine groups is 1.